The first-order valence-electron chi connectivity index (χ1n) is 6.15. The van der Waals surface area contributed by atoms with E-state index in [0.717, 1.165) is 18.9 Å². The maximum absolute atomic E-state index is 13.7. The Morgan fingerprint density at radius 2 is 2.00 bits per heavy atom. The molecule has 19 heavy (non-hydrogen) atoms. The molecule has 1 aromatic carbocycles. The van der Waals surface area contributed by atoms with Crippen LogP contribution in [0, 0.1) is 11.6 Å². The van der Waals surface area contributed by atoms with Gasteiger partial charge in [-0.25, -0.2) is 21.9 Å². The largest absolute Gasteiger partial charge is 0.313 e. The summed E-state index contributed by atoms with van der Waals surface area (Å²) < 4.78 is 53.3. The average Bonchev–Trinajstić information content (AvgIpc) is 3.13. The van der Waals surface area contributed by atoms with E-state index in [4.69, 9.17) is 0 Å². The van der Waals surface area contributed by atoms with Crippen LogP contribution >= 0.6 is 0 Å². The van der Waals surface area contributed by atoms with Gasteiger partial charge in [-0.3, -0.25) is 0 Å². The van der Waals surface area contributed by atoms with Crippen molar-refractivity contribution in [3.05, 3.63) is 29.3 Å². The summed E-state index contributed by atoms with van der Waals surface area (Å²) in [6.45, 7) is 2.81. The maximum Gasteiger partial charge on any atom is 0.243 e. The standard InChI is InChI=1S/C12H16F2N2O2S/c1-2-15-7-8-5-10(13)12(14)11(6-8)19(17,18)16-9-3-4-9/h5-6,9,15-16H,2-4,7H2,1H3. The van der Waals surface area contributed by atoms with E-state index in [1.165, 1.54) is 6.07 Å². The summed E-state index contributed by atoms with van der Waals surface area (Å²) in [5, 5.41) is 2.94. The molecule has 0 radical (unpaired) electrons. The zero-order valence-electron chi connectivity index (χ0n) is 10.5. The van der Waals surface area contributed by atoms with Gasteiger partial charge < -0.3 is 5.32 Å². The number of halogens is 2. The summed E-state index contributed by atoms with van der Waals surface area (Å²) in [4.78, 5) is -0.618. The first-order chi connectivity index (χ1) is 8.94. The zero-order valence-corrected chi connectivity index (χ0v) is 11.4. The predicted molar refractivity (Wildman–Crippen MR) is 67.1 cm³/mol. The highest BCUT2D eigenvalue weighted by molar-refractivity contribution is 7.89. The van der Waals surface area contributed by atoms with E-state index in [-0.39, 0.29) is 6.04 Å². The number of hydrogen-bond donors (Lipinski definition) is 2. The van der Waals surface area contributed by atoms with Crippen molar-refractivity contribution in [2.45, 2.75) is 37.2 Å². The minimum absolute atomic E-state index is 0.148. The average molecular weight is 290 g/mol. The molecule has 0 heterocycles. The second-order valence-corrected chi connectivity index (χ2v) is 6.25. The molecule has 2 N–H and O–H groups in total. The fourth-order valence-corrected chi connectivity index (χ4v) is 3.11. The fraction of sp³-hybridized carbons (Fsp3) is 0.500. The molecule has 1 aromatic rings. The van der Waals surface area contributed by atoms with Gasteiger partial charge in [0.05, 0.1) is 0 Å². The minimum atomic E-state index is -3.99. The lowest BCUT2D eigenvalue weighted by molar-refractivity contribution is 0.480. The van der Waals surface area contributed by atoms with E-state index in [1.54, 1.807) is 0 Å². The van der Waals surface area contributed by atoms with Gasteiger partial charge in [-0.2, -0.15) is 0 Å². The van der Waals surface area contributed by atoms with Crippen molar-refractivity contribution < 1.29 is 17.2 Å². The molecule has 4 nitrogen and oxygen atoms in total. The Morgan fingerprint density at radius 3 is 2.58 bits per heavy atom. The summed E-state index contributed by atoms with van der Waals surface area (Å²) in [7, 11) is -3.99. The van der Waals surface area contributed by atoms with E-state index < -0.39 is 26.6 Å². The molecule has 0 unspecified atom stereocenters. The van der Waals surface area contributed by atoms with Crippen molar-refractivity contribution in [1.82, 2.24) is 10.0 Å². The number of hydrogen-bond acceptors (Lipinski definition) is 3. The summed E-state index contributed by atoms with van der Waals surface area (Å²) in [6, 6.07) is 2.03. The summed E-state index contributed by atoms with van der Waals surface area (Å²) >= 11 is 0. The van der Waals surface area contributed by atoms with Gasteiger partial charge in [-0.15, -0.1) is 0 Å². The predicted octanol–water partition coefficient (Wildman–Crippen LogP) is 1.52. The zero-order chi connectivity index (χ0) is 14.0. The van der Waals surface area contributed by atoms with Gasteiger partial charge in [0, 0.05) is 12.6 Å². The first-order valence-corrected chi connectivity index (χ1v) is 7.63. The first kappa shape index (κ1) is 14.4. The van der Waals surface area contributed by atoms with Gasteiger partial charge in [-0.1, -0.05) is 6.92 Å². The third-order valence-electron chi connectivity index (χ3n) is 2.82. The molecule has 1 aliphatic carbocycles. The quantitative estimate of drug-likeness (QED) is 0.835. The van der Waals surface area contributed by atoms with Gasteiger partial charge in [-0.05, 0) is 37.1 Å². The third kappa shape index (κ3) is 3.49. The Balaban J connectivity index is 2.34. The number of sulfonamides is 1. The molecule has 1 saturated carbocycles. The van der Waals surface area contributed by atoms with E-state index >= 15 is 0 Å². The second-order valence-electron chi connectivity index (χ2n) is 4.57. The highest BCUT2D eigenvalue weighted by Gasteiger charge is 2.30. The van der Waals surface area contributed by atoms with Gasteiger partial charge in [0.2, 0.25) is 10.0 Å². The van der Waals surface area contributed by atoms with E-state index in [1.807, 2.05) is 6.92 Å². The molecule has 1 fully saturated rings. The topological polar surface area (TPSA) is 58.2 Å². The molecule has 0 aliphatic heterocycles. The Hall–Kier alpha value is -1.05. The Labute approximate surface area is 111 Å². The van der Waals surface area contributed by atoms with Crippen LogP contribution in [-0.4, -0.2) is 21.0 Å². The van der Waals surface area contributed by atoms with E-state index in [2.05, 4.69) is 10.0 Å². The normalized spacial score (nSPS) is 15.7. The SMILES string of the molecule is CCNCc1cc(F)c(F)c(S(=O)(=O)NC2CC2)c1. The highest BCUT2D eigenvalue weighted by Crippen LogP contribution is 2.25. The van der Waals surface area contributed by atoms with Gasteiger partial charge in [0.15, 0.2) is 11.6 Å². The van der Waals surface area contributed by atoms with Crippen molar-refractivity contribution in [2.24, 2.45) is 0 Å². The molecular weight excluding hydrogens is 274 g/mol. The summed E-state index contributed by atoms with van der Waals surface area (Å²) in [5.41, 5.74) is 0.400. The minimum Gasteiger partial charge on any atom is -0.313 e. The van der Waals surface area contributed by atoms with Crippen molar-refractivity contribution in [1.29, 1.82) is 0 Å². The molecule has 7 heteroatoms. The van der Waals surface area contributed by atoms with Crippen LogP contribution < -0.4 is 10.0 Å². The van der Waals surface area contributed by atoms with Crippen LogP contribution in [0.2, 0.25) is 0 Å². The van der Waals surface area contributed by atoms with Crippen LogP contribution in [0.15, 0.2) is 17.0 Å². The van der Waals surface area contributed by atoms with Crippen LogP contribution in [0.25, 0.3) is 0 Å². The van der Waals surface area contributed by atoms with E-state index in [9.17, 15) is 17.2 Å². The summed E-state index contributed by atoms with van der Waals surface area (Å²) in [5.74, 6) is -2.47. The van der Waals surface area contributed by atoms with Crippen LogP contribution in [0.5, 0.6) is 0 Å². The molecule has 1 aliphatic rings. The monoisotopic (exact) mass is 290 g/mol. The van der Waals surface area contributed by atoms with Crippen LogP contribution in [0.1, 0.15) is 25.3 Å². The molecule has 0 saturated heterocycles. The van der Waals surface area contributed by atoms with E-state index in [0.29, 0.717) is 18.7 Å². The van der Waals surface area contributed by atoms with Crippen molar-refractivity contribution in [3.63, 3.8) is 0 Å². The lowest BCUT2D eigenvalue weighted by Crippen LogP contribution is -2.27. The molecular formula is C12H16F2N2O2S. The maximum atomic E-state index is 13.7. The molecule has 0 atom stereocenters. The molecule has 0 spiro atoms. The van der Waals surface area contributed by atoms with Crippen molar-refractivity contribution in [3.8, 4) is 0 Å². The fourth-order valence-electron chi connectivity index (χ4n) is 1.67. The molecule has 2 rings (SSSR count). The highest BCUT2D eigenvalue weighted by atomic mass is 32.2. The van der Waals surface area contributed by atoms with Crippen LogP contribution in [-0.2, 0) is 16.6 Å². The lowest BCUT2D eigenvalue weighted by Gasteiger charge is -2.10. The number of benzene rings is 1. The van der Waals surface area contributed by atoms with Gasteiger partial charge >= 0.3 is 0 Å². The lowest BCUT2D eigenvalue weighted by atomic mass is 10.2. The van der Waals surface area contributed by atoms with Crippen molar-refractivity contribution in [2.75, 3.05) is 6.54 Å². The molecule has 0 aromatic heterocycles. The van der Waals surface area contributed by atoms with Crippen molar-refractivity contribution >= 4 is 10.0 Å². The molecule has 106 valence electrons. The Bertz CT molecular complexity index is 571. The van der Waals surface area contributed by atoms with Gasteiger partial charge in [0.25, 0.3) is 0 Å². The molecule has 0 amide bonds. The van der Waals surface area contributed by atoms with Crippen LogP contribution in [0.4, 0.5) is 8.78 Å². The summed E-state index contributed by atoms with van der Waals surface area (Å²) in [6.07, 6.45) is 1.47. The number of nitrogens with one attached hydrogen (secondary N) is 2. The third-order valence-corrected chi connectivity index (χ3v) is 4.34. The Kier molecular flexibility index (Phi) is 4.17. The number of rotatable bonds is 6. The second kappa shape index (κ2) is 5.52. The molecule has 0 bridgehead atoms. The van der Waals surface area contributed by atoms with Crippen LogP contribution in [0.3, 0.4) is 0 Å². The smallest absolute Gasteiger partial charge is 0.243 e. The van der Waals surface area contributed by atoms with Gasteiger partial charge in [0.1, 0.15) is 4.90 Å². The Morgan fingerprint density at radius 1 is 1.32 bits per heavy atom.